The summed E-state index contributed by atoms with van der Waals surface area (Å²) in [5.41, 5.74) is 1.80. The van der Waals surface area contributed by atoms with Gasteiger partial charge < -0.3 is 4.90 Å². The molecule has 0 N–H and O–H groups in total. The molecule has 0 aliphatic rings. The van der Waals surface area contributed by atoms with Crippen LogP contribution in [0.1, 0.15) is 11.1 Å². The molecule has 8 nitrogen and oxygen atoms in total. The molecule has 10 heteroatoms. The molecule has 0 atom stereocenters. The molecule has 0 amide bonds. The standard InChI is InChI=1S/C23H17BrN4O4S/c1-26(18-8-11-22(28(29)30)17(12-18)13-25)14-16-6-9-19(10-7-16)33(31,32)27-15-21(24)20-4-2-3-5-23(20)27/h2-12,15H,14H2,1H3. The highest BCUT2D eigenvalue weighted by Gasteiger charge is 2.21. The van der Waals surface area contributed by atoms with E-state index in [-0.39, 0.29) is 16.1 Å². The van der Waals surface area contributed by atoms with Gasteiger partial charge in [-0.15, -0.1) is 0 Å². The maximum absolute atomic E-state index is 13.2. The van der Waals surface area contributed by atoms with Gasteiger partial charge in [-0.1, -0.05) is 30.3 Å². The molecule has 4 rings (SSSR count). The Kier molecular flexibility index (Phi) is 5.93. The summed E-state index contributed by atoms with van der Waals surface area (Å²) in [6.45, 7) is 0.418. The van der Waals surface area contributed by atoms with E-state index in [1.165, 1.54) is 16.1 Å². The number of nitro groups is 1. The lowest BCUT2D eigenvalue weighted by atomic mass is 10.1. The van der Waals surface area contributed by atoms with E-state index in [4.69, 9.17) is 0 Å². The van der Waals surface area contributed by atoms with Crippen LogP contribution in [0.15, 0.2) is 82.3 Å². The largest absolute Gasteiger partial charge is 0.370 e. The average molecular weight is 525 g/mol. The molecular weight excluding hydrogens is 508 g/mol. The van der Waals surface area contributed by atoms with Crippen molar-refractivity contribution in [2.24, 2.45) is 0 Å². The van der Waals surface area contributed by atoms with Crippen LogP contribution >= 0.6 is 15.9 Å². The van der Waals surface area contributed by atoms with Gasteiger partial charge in [0, 0.05) is 41.4 Å². The second kappa shape index (κ2) is 8.69. The fourth-order valence-corrected chi connectivity index (χ4v) is 5.61. The molecule has 33 heavy (non-hydrogen) atoms. The van der Waals surface area contributed by atoms with E-state index in [1.807, 2.05) is 23.1 Å². The highest BCUT2D eigenvalue weighted by Crippen LogP contribution is 2.30. The van der Waals surface area contributed by atoms with Crippen LogP contribution in [0.2, 0.25) is 0 Å². The Morgan fingerprint density at radius 3 is 2.48 bits per heavy atom. The number of halogens is 1. The first-order chi connectivity index (χ1) is 15.7. The highest BCUT2D eigenvalue weighted by atomic mass is 79.9. The number of anilines is 1. The van der Waals surface area contributed by atoms with Gasteiger partial charge in [-0.05, 0) is 51.8 Å². The molecule has 0 bridgehead atoms. The van der Waals surface area contributed by atoms with E-state index < -0.39 is 14.9 Å². The predicted octanol–water partition coefficient (Wildman–Crippen LogP) is 5.06. The van der Waals surface area contributed by atoms with Crippen molar-refractivity contribution in [3.63, 3.8) is 0 Å². The zero-order valence-corrected chi connectivity index (χ0v) is 19.7. The van der Waals surface area contributed by atoms with Crippen LogP contribution in [-0.4, -0.2) is 24.4 Å². The molecule has 0 aliphatic carbocycles. The second-order valence-electron chi connectivity index (χ2n) is 7.37. The summed E-state index contributed by atoms with van der Waals surface area (Å²) in [5.74, 6) is 0. The van der Waals surface area contributed by atoms with Crippen molar-refractivity contribution in [2.75, 3.05) is 11.9 Å². The van der Waals surface area contributed by atoms with Gasteiger partial charge in [0.1, 0.15) is 11.6 Å². The molecular formula is C23H17BrN4O4S. The van der Waals surface area contributed by atoms with Gasteiger partial charge in [-0.3, -0.25) is 10.1 Å². The first-order valence-corrected chi connectivity index (χ1v) is 12.0. The molecule has 0 aliphatic heterocycles. The summed E-state index contributed by atoms with van der Waals surface area (Å²) in [6, 6.07) is 20.0. The third-order valence-electron chi connectivity index (χ3n) is 5.27. The van der Waals surface area contributed by atoms with Crippen molar-refractivity contribution in [2.45, 2.75) is 11.4 Å². The number of fused-ring (bicyclic) bond motifs is 1. The van der Waals surface area contributed by atoms with Gasteiger partial charge in [0.2, 0.25) is 0 Å². The molecule has 0 fully saturated rings. The van der Waals surface area contributed by atoms with Crippen LogP contribution in [0, 0.1) is 21.4 Å². The maximum atomic E-state index is 13.2. The van der Waals surface area contributed by atoms with Crippen LogP contribution in [0.3, 0.4) is 0 Å². The lowest BCUT2D eigenvalue weighted by Crippen LogP contribution is -2.17. The van der Waals surface area contributed by atoms with Crippen LogP contribution < -0.4 is 4.90 Å². The van der Waals surface area contributed by atoms with Crippen molar-refractivity contribution in [3.8, 4) is 6.07 Å². The monoisotopic (exact) mass is 524 g/mol. The van der Waals surface area contributed by atoms with E-state index in [0.29, 0.717) is 22.2 Å². The molecule has 166 valence electrons. The van der Waals surface area contributed by atoms with Crippen LogP contribution in [0.25, 0.3) is 10.9 Å². The summed E-state index contributed by atoms with van der Waals surface area (Å²) in [5, 5.41) is 21.0. The van der Waals surface area contributed by atoms with E-state index >= 15 is 0 Å². The van der Waals surface area contributed by atoms with Gasteiger partial charge >= 0.3 is 0 Å². The van der Waals surface area contributed by atoms with E-state index in [0.717, 1.165) is 10.9 Å². The number of nitro benzene ring substituents is 1. The van der Waals surface area contributed by atoms with Gasteiger partial charge in [-0.2, -0.15) is 5.26 Å². The van der Waals surface area contributed by atoms with Crippen molar-refractivity contribution in [1.29, 1.82) is 5.26 Å². The molecule has 0 radical (unpaired) electrons. The first-order valence-electron chi connectivity index (χ1n) is 9.72. The summed E-state index contributed by atoms with van der Waals surface area (Å²) >= 11 is 3.42. The van der Waals surface area contributed by atoms with Crippen LogP contribution in [-0.2, 0) is 16.6 Å². The molecule has 1 aromatic heterocycles. The van der Waals surface area contributed by atoms with Gasteiger partial charge in [0.15, 0.2) is 0 Å². The Bertz CT molecular complexity index is 1520. The van der Waals surface area contributed by atoms with Gasteiger partial charge in [0.25, 0.3) is 15.7 Å². The van der Waals surface area contributed by atoms with Crippen molar-refractivity contribution in [3.05, 3.63) is 98.6 Å². The van der Waals surface area contributed by atoms with E-state index in [9.17, 15) is 23.8 Å². The fraction of sp³-hybridized carbons (Fsp3) is 0.0870. The maximum Gasteiger partial charge on any atom is 0.287 e. The first kappa shape index (κ1) is 22.5. The molecule has 0 spiro atoms. The Hall–Kier alpha value is -3.68. The number of para-hydroxylation sites is 1. The lowest BCUT2D eigenvalue weighted by molar-refractivity contribution is -0.385. The summed E-state index contributed by atoms with van der Waals surface area (Å²) in [7, 11) is -2.00. The Labute approximate surface area is 198 Å². The van der Waals surface area contributed by atoms with E-state index in [2.05, 4.69) is 15.9 Å². The van der Waals surface area contributed by atoms with Gasteiger partial charge in [-0.25, -0.2) is 12.4 Å². The summed E-state index contributed by atoms with van der Waals surface area (Å²) in [6.07, 6.45) is 1.54. The number of nitrogens with zero attached hydrogens (tertiary/aromatic N) is 4. The molecule has 3 aromatic carbocycles. The van der Waals surface area contributed by atoms with Crippen molar-refractivity contribution in [1.82, 2.24) is 3.97 Å². The molecule has 0 saturated heterocycles. The second-order valence-corrected chi connectivity index (χ2v) is 10.0. The Morgan fingerprint density at radius 2 is 1.82 bits per heavy atom. The topological polar surface area (TPSA) is 109 Å². The molecule has 4 aromatic rings. The highest BCUT2D eigenvalue weighted by molar-refractivity contribution is 9.10. The zero-order chi connectivity index (χ0) is 23.8. The minimum absolute atomic E-state index is 0.0177. The Morgan fingerprint density at radius 1 is 1.12 bits per heavy atom. The molecule has 0 unspecified atom stereocenters. The number of aromatic nitrogens is 1. The lowest BCUT2D eigenvalue weighted by Gasteiger charge is -2.20. The fourth-order valence-electron chi connectivity index (χ4n) is 3.56. The third kappa shape index (κ3) is 4.20. The van der Waals surface area contributed by atoms with Crippen molar-refractivity contribution >= 4 is 48.2 Å². The van der Waals surface area contributed by atoms with Gasteiger partial charge in [0.05, 0.1) is 15.3 Å². The quantitative estimate of drug-likeness (QED) is 0.257. The zero-order valence-electron chi connectivity index (χ0n) is 17.3. The minimum atomic E-state index is -3.79. The average Bonchev–Trinajstić information content (AvgIpc) is 3.16. The molecule has 0 saturated carbocycles. The molecule has 1 heterocycles. The number of benzene rings is 3. The number of nitriles is 1. The van der Waals surface area contributed by atoms with Crippen LogP contribution in [0.4, 0.5) is 11.4 Å². The smallest absolute Gasteiger partial charge is 0.287 e. The Balaban J connectivity index is 1.58. The van der Waals surface area contributed by atoms with Crippen molar-refractivity contribution < 1.29 is 13.3 Å². The third-order valence-corrected chi connectivity index (χ3v) is 7.59. The number of rotatable bonds is 6. The number of hydrogen-bond acceptors (Lipinski definition) is 6. The summed E-state index contributed by atoms with van der Waals surface area (Å²) in [4.78, 5) is 12.4. The number of hydrogen-bond donors (Lipinski definition) is 0. The SMILES string of the molecule is CN(Cc1ccc(S(=O)(=O)n2cc(Br)c3ccccc32)cc1)c1ccc([N+](=O)[O-])c(C#N)c1. The predicted molar refractivity (Wildman–Crippen MR) is 129 cm³/mol. The minimum Gasteiger partial charge on any atom is -0.370 e. The van der Waals surface area contributed by atoms with Crippen LogP contribution in [0.5, 0.6) is 0 Å². The summed E-state index contributed by atoms with van der Waals surface area (Å²) < 4.78 is 28.4. The normalized spacial score (nSPS) is 11.3. The van der Waals surface area contributed by atoms with E-state index in [1.54, 1.807) is 55.7 Å².